The number of ether oxygens (including phenoxy) is 2. The fraction of sp³-hybridized carbons (Fsp3) is 0.545. The summed E-state index contributed by atoms with van der Waals surface area (Å²) in [6.07, 6.45) is 12.3. The number of Topliss-reactive ketones (excluding diaryl/α,β-unsaturated/α-hetero) is 1. The number of hydrogen-bond acceptors (Lipinski definition) is 9. The molecule has 4 aromatic rings. The highest BCUT2D eigenvalue weighted by Gasteiger charge is 2.41. The lowest BCUT2D eigenvalue weighted by Crippen LogP contribution is -2.61. The van der Waals surface area contributed by atoms with Crippen LogP contribution in [-0.4, -0.2) is 152 Å². The van der Waals surface area contributed by atoms with Crippen LogP contribution in [0.25, 0.3) is 11.1 Å². The summed E-state index contributed by atoms with van der Waals surface area (Å²) in [7, 11) is 1.78. The Morgan fingerprint density at radius 2 is 1.04 bits per heavy atom. The summed E-state index contributed by atoms with van der Waals surface area (Å²) in [5.74, 6) is -0.849. The molecule has 2 saturated heterocycles. The van der Waals surface area contributed by atoms with Crippen LogP contribution in [0.5, 0.6) is 0 Å². The molecule has 6 atom stereocenters. The van der Waals surface area contributed by atoms with Gasteiger partial charge >= 0.3 is 0 Å². The molecule has 0 aromatic heterocycles. The first-order valence-corrected chi connectivity index (χ1v) is 30.1. The van der Waals surface area contributed by atoms with Gasteiger partial charge in [-0.2, -0.15) is 0 Å². The summed E-state index contributed by atoms with van der Waals surface area (Å²) in [6, 6.07) is 33.6. The predicted octanol–water partition coefficient (Wildman–Crippen LogP) is 9.05. The minimum atomic E-state index is -0.620. The van der Waals surface area contributed by atoms with Crippen molar-refractivity contribution < 1.29 is 38.2 Å². The van der Waals surface area contributed by atoms with Gasteiger partial charge in [-0.25, -0.2) is 0 Å². The van der Waals surface area contributed by atoms with Crippen LogP contribution in [0.15, 0.2) is 109 Å². The minimum Gasteiger partial charge on any atom is -0.377 e. The molecule has 2 heterocycles. The molecule has 14 heteroatoms. The Bertz CT molecular complexity index is 2440. The van der Waals surface area contributed by atoms with E-state index in [9.17, 15) is 28.8 Å². The fourth-order valence-electron chi connectivity index (χ4n) is 12.3. The van der Waals surface area contributed by atoms with Gasteiger partial charge in [-0.1, -0.05) is 137 Å². The number of amides is 5. The van der Waals surface area contributed by atoms with Gasteiger partial charge < -0.3 is 39.7 Å². The highest BCUT2D eigenvalue weighted by Crippen LogP contribution is 2.35. The maximum Gasteiger partial charge on any atom is 0.253 e. The van der Waals surface area contributed by atoms with Crippen LogP contribution >= 0.6 is 0 Å². The topological polar surface area (TPSA) is 158 Å². The van der Waals surface area contributed by atoms with Crippen molar-refractivity contribution >= 4 is 35.3 Å². The molecule has 2 saturated carbocycles. The van der Waals surface area contributed by atoms with E-state index < -0.39 is 18.0 Å². The molecule has 5 amide bonds. The molecule has 0 spiro atoms. The Morgan fingerprint density at radius 1 is 0.588 bits per heavy atom. The van der Waals surface area contributed by atoms with Gasteiger partial charge in [0.05, 0.1) is 44.6 Å². The minimum absolute atomic E-state index is 0.00496. The van der Waals surface area contributed by atoms with Crippen LogP contribution in [0.4, 0.5) is 0 Å². The average Bonchev–Trinajstić information content (AvgIpc) is 3.55. The van der Waals surface area contributed by atoms with Gasteiger partial charge in [-0.15, -0.1) is 0 Å². The molecule has 2 aliphatic carbocycles. The van der Waals surface area contributed by atoms with E-state index in [4.69, 9.17) is 9.47 Å². The number of carbonyl (C=O) groups is 6. The Labute approximate surface area is 475 Å². The van der Waals surface area contributed by atoms with Gasteiger partial charge in [0.25, 0.3) is 11.8 Å². The van der Waals surface area contributed by atoms with E-state index in [1.54, 1.807) is 7.05 Å². The normalized spacial score (nSPS) is 19.8. The number of nitrogens with one attached hydrogen (secondary N) is 2. The second kappa shape index (κ2) is 30.0. The van der Waals surface area contributed by atoms with Gasteiger partial charge in [0.15, 0.2) is 0 Å². The number of likely N-dealkylation sites (N-methyl/N-ethyl adjacent to an activating group) is 1. The molecule has 4 aliphatic rings. The lowest BCUT2D eigenvalue weighted by atomic mass is 9.76. The van der Waals surface area contributed by atoms with Gasteiger partial charge in [0.1, 0.15) is 11.8 Å². The summed E-state index contributed by atoms with van der Waals surface area (Å²) in [5, 5.41) is 6.26. The quantitative estimate of drug-likeness (QED) is 0.0699. The Kier molecular flexibility index (Phi) is 22.5. The molecule has 8 rings (SSSR count). The Balaban J connectivity index is 0.985. The monoisotopic (exact) mass is 1090 g/mol. The molecule has 2 aliphatic heterocycles. The van der Waals surface area contributed by atoms with Gasteiger partial charge in [-0.05, 0) is 117 Å². The molecule has 430 valence electrons. The molecular weight excluding hydrogens is 1000 g/mol. The lowest BCUT2D eigenvalue weighted by molar-refractivity contribution is -0.149. The zero-order chi connectivity index (χ0) is 56.4. The van der Waals surface area contributed by atoms with E-state index in [1.807, 2.05) is 125 Å². The maximum atomic E-state index is 14.8. The highest BCUT2D eigenvalue weighted by molar-refractivity contribution is 5.96. The van der Waals surface area contributed by atoms with Gasteiger partial charge in [0, 0.05) is 68.7 Å². The summed E-state index contributed by atoms with van der Waals surface area (Å²) < 4.78 is 12.1. The molecule has 80 heavy (non-hydrogen) atoms. The van der Waals surface area contributed by atoms with E-state index in [0.29, 0.717) is 76.4 Å². The third kappa shape index (κ3) is 16.0. The zero-order valence-electron chi connectivity index (χ0n) is 48.0. The summed E-state index contributed by atoms with van der Waals surface area (Å²) in [4.78, 5) is 93.3. The molecule has 0 unspecified atom stereocenters. The van der Waals surface area contributed by atoms with E-state index in [0.717, 1.165) is 86.5 Å². The van der Waals surface area contributed by atoms with Crippen LogP contribution in [0, 0.1) is 23.7 Å². The fourth-order valence-corrected chi connectivity index (χ4v) is 12.3. The van der Waals surface area contributed by atoms with Gasteiger partial charge in [0.2, 0.25) is 17.7 Å². The van der Waals surface area contributed by atoms with Crippen molar-refractivity contribution in [2.45, 2.75) is 135 Å². The van der Waals surface area contributed by atoms with Crippen LogP contribution in [-0.2, 0) is 41.5 Å². The second-order valence-electron chi connectivity index (χ2n) is 23.0. The van der Waals surface area contributed by atoms with E-state index in [-0.39, 0.29) is 91.3 Å². The third-order valence-corrected chi connectivity index (χ3v) is 17.7. The van der Waals surface area contributed by atoms with E-state index in [2.05, 4.69) is 34.9 Å². The average molecular weight is 1090 g/mol. The predicted molar refractivity (Wildman–Crippen MR) is 313 cm³/mol. The SMILES string of the molecule is CC[C@@H](C)C(=O)N[C@H](C(=O)N1CCOC[C@H]1CN(CCc1ccccc1)C(=O)c1ccc(-c2ccc(C(=O)N(CCc3ccccc3)C[C@@H]3COCCN3C(=O)[C@@H](CC(=O)[C@H](C)NC)C3CCCCC3)cc2)cc1)C1CCCCC1. The largest absolute Gasteiger partial charge is 0.377 e. The van der Waals surface area contributed by atoms with E-state index >= 15 is 0 Å². The molecule has 2 N–H and O–H groups in total. The highest BCUT2D eigenvalue weighted by atomic mass is 16.5. The smallest absolute Gasteiger partial charge is 0.253 e. The summed E-state index contributed by atoms with van der Waals surface area (Å²) in [6.45, 7) is 9.33. The van der Waals surface area contributed by atoms with Gasteiger partial charge in [-0.3, -0.25) is 28.8 Å². The number of ketones is 1. The second-order valence-corrected chi connectivity index (χ2v) is 23.0. The first kappa shape index (κ1) is 59.9. The zero-order valence-corrected chi connectivity index (χ0v) is 48.0. The van der Waals surface area contributed by atoms with Crippen LogP contribution < -0.4 is 10.6 Å². The van der Waals surface area contributed by atoms with Crippen molar-refractivity contribution in [2.75, 3.05) is 72.7 Å². The number of nitrogens with zero attached hydrogens (tertiary/aromatic N) is 4. The van der Waals surface area contributed by atoms with Crippen LogP contribution in [0.3, 0.4) is 0 Å². The van der Waals surface area contributed by atoms with Crippen molar-refractivity contribution in [1.29, 1.82) is 0 Å². The van der Waals surface area contributed by atoms with Crippen molar-refractivity contribution in [1.82, 2.24) is 30.2 Å². The molecule has 4 fully saturated rings. The Hall–Kier alpha value is -6.22. The van der Waals surface area contributed by atoms with Crippen LogP contribution in [0.2, 0.25) is 0 Å². The van der Waals surface area contributed by atoms with Crippen molar-refractivity contribution in [2.24, 2.45) is 23.7 Å². The molecule has 14 nitrogen and oxygen atoms in total. The van der Waals surface area contributed by atoms with Crippen LogP contribution in [0.1, 0.15) is 130 Å². The molecule has 0 radical (unpaired) electrons. The lowest BCUT2D eigenvalue weighted by Gasteiger charge is -2.42. The number of rotatable bonds is 24. The molecule has 0 bridgehead atoms. The maximum absolute atomic E-state index is 14.8. The number of hydrogen-bond donors (Lipinski definition) is 2. The first-order chi connectivity index (χ1) is 38.9. The Morgan fingerprint density at radius 3 is 1.49 bits per heavy atom. The van der Waals surface area contributed by atoms with Crippen molar-refractivity contribution in [3.63, 3.8) is 0 Å². The van der Waals surface area contributed by atoms with Crippen molar-refractivity contribution in [3.8, 4) is 11.1 Å². The summed E-state index contributed by atoms with van der Waals surface area (Å²) >= 11 is 0. The van der Waals surface area contributed by atoms with E-state index in [1.165, 1.54) is 0 Å². The first-order valence-electron chi connectivity index (χ1n) is 30.1. The number of morpholine rings is 2. The number of benzene rings is 4. The van der Waals surface area contributed by atoms with Crippen molar-refractivity contribution in [3.05, 3.63) is 131 Å². The standard InChI is InChI=1S/C66H88N6O8/c1-5-47(2)62(74)68-61(54-24-16-9-17-25-54)66(78)72-39-41-80-46-58(72)44-70(37-35-50-20-12-7-13-21-50)64(76)56-32-28-52(29-33-56)51-26-30-55(31-27-51)63(75)69(36-34-49-18-10-6-11-19-49)43-57-45-79-40-38-71(57)65(77)59(42-60(73)48(3)67-4)53-22-14-8-15-23-53/h6-7,10-13,18-21,26-33,47-48,53-54,57-59,61,67H,5,8-9,14-17,22-25,34-46H2,1-4H3,(H,68,74)/t47-,48+,57-,58-,59+,61+/m1/s1. The molecular formula is C66H88N6O8. The summed E-state index contributed by atoms with van der Waals surface area (Å²) in [5.41, 5.74) is 5.00. The molecule has 4 aromatic carbocycles. The number of carbonyl (C=O) groups excluding carboxylic acids is 6. The third-order valence-electron chi connectivity index (χ3n) is 17.7.